The van der Waals surface area contributed by atoms with Gasteiger partial charge < -0.3 is 19.9 Å². The van der Waals surface area contributed by atoms with Crippen LogP contribution in [0.4, 0.5) is 19.7 Å². The highest BCUT2D eigenvalue weighted by atomic mass is 19.1. The summed E-state index contributed by atoms with van der Waals surface area (Å²) >= 11 is 0. The number of anilines is 1. The molecule has 0 bridgehead atoms. The molecule has 0 aromatic heterocycles. The first-order valence-corrected chi connectivity index (χ1v) is 12.0. The van der Waals surface area contributed by atoms with Gasteiger partial charge in [-0.05, 0) is 36.2 Å². The number of carbonyl (C=O) groups is 3. The SMILES string of the molecule is COc1ccc(CN2C(=O)C[C@@](C)(c3cccc(NC(=O)OCc4ccccc4)c3F)N/C2=N\C(=O)O)cc1. The Morgan fingerprint density at radius 3 is 2.46 bits per heavy atom. The van der Waals surface area contributed by atoms with Gasteiger partial charge in [-0.15, -0.1) is 4.99 Å². The van der Waals surface area contributed by atoms with Crippen LogP contribution in [0, 0.1) is 5.82 Å². The minimum atomic E-state index is -1.52. The fourth-order valence-electron chi connectivity index (χ4n) is 4.22. The highest BCUT2D eigenvalue weighted by molar-refractivity contribution is 6.03. The molecule has 3 amide bonds. The van der Waals surface area contributed by atoms with Crippen LogP contribution >= 0.6 is 0 Å². The van der Waals surface area contributed by atoms with Crippen molar-refractivity contribution < 1.29 is 33.4 Å². The highest BCUT2D eigenvalue weighted by Gasteiger charge is 2.42. The molecule has 0 spiro atoms. The first kappa shape index (κ1) is 27.1. The van der Waals surface area contributed by atoms with Gasteiger partial charge in [0, 0.05) is 5.56 Å². The second-order valence-electron chi connectivity index (χ2n) is 9.03. The summed E-state index contributed by atoms with van der Waals surface area (Å²) in [5, 5.41) is 14.7. The van der Waals surface area contributed by atoms with Crippen LogP contribution in [0.25, 0.3) is 0 Å². The van der Waals surface area contributed by atoms with Crippen molar-refractivity contribution in [2.24, 2.45) is 4.99 Å². The molecule has 1 aliphatic heterocycles. The molecule has 1 aliphatic rings. The molecule has 1 fully saturated rings. The Kier molecular flexibility index (Phi) is 8.09. The highest BCUT2D eigenvalue weighted by Crippen LogP contribution is 2.34. The fourth-order valence-corrected chi connectivity index (χ4v) is 4.22. The van der Waals surface area contributed by atoms with Crippen LogP contribution in [-0.4, -0.2) is 41.2 Å². The molecule has 0 aliphatic carbocycles. The lowest BCUT2D eigenvalue weighted by atomic mass is 9.85. The van der Waals surface area contributed by atoms with Gasteiger partial charge in [-0.25, -0.2) is 14.0 Å². The number of aliphatic imine (C=N–C) groups is 1. The van der Waals surface area contributed by atoms with E-state index in [4.69, 9.17) is 9.47 Å². The zero-order valence-corrected chi connectivity index (χ0v) is 21.3. The third-order valence-electron chi connectivity index (χ3n) is 6.19. The Morgan fingerprint density at radius 1 is 1.08 bits per heavy atom. The van der Waals surface area contributed by atoms with Crippen LogP contribution in [0.2, 0.25) is 0 Å². The molecule has 202 valence electrons. The molecule has 1 saturated heterocycles. The van der Waals surface area contributed by atoms with Crippen molar-refractivity contribution in [3.63, 3.8) is 0 Å². The van der Waals surface area contributed by atoms with E-state index in [0.29, 0.717) is 11.3 Å². The number of hydrogen-bond acceptors (Lipinski definition) is 5. The zero-order valence-electron chi connectivity index (χ0n) is 21.3. The van der Waals surface area contributed by atoms with Crippen molar-refractivity contribution in [1.29, 1.82) is 0 Å². The summed E-state index contributed by atoms with van der Waals surface area (Å²) in [5.41, 5.74) is -0.00240. The molecule has 11 heteroatoms. The number of benzene rings is 3. The fraction of sp³-hybridized carbons (Fsp3) is 0.214. The third-order valence-corrected chi connectivity index (χ3v) is 6.19. The smallest absolute Gasteiger partial charge is 0.434 e. The minimum absolute atomic E-state index is 0.000792. The average Bonchev–Trinajstić information content (AvgIpc) is 2.91. The molecular weight excluding hydrogens is 507 g/mol. The number of rotatable bonds is 7. The molecule has 10 nitrogen and oxygen atoms in total. The number of halogens is 1. The molecular formula is C28H27FN4O6. The summed E-state index contributed by atoms with van der Waals surface area (Å²) < 4.78 is 26.0. The topological polar surface area (TPSA) is 130 Å². The number of ether oxygens (including phenoxy) is 2. The van der Waals surface area contributed by atoms with E-state index < -0.39 is 29.4 Å². The molecule has 0 radical (unpaired) electrons. The van der Waals surface area contributed by atoms with E-state index in [1.807, 2.05) is 6.07 Å². The van der Waals surface area contributed by atoms with Crippen molar-refractivity contribution in [3.05, 3.63) is 95.3 Å². The van der Waals surface area contributed by atoms with Crippen LogP contribution < -0.4 is 15.4 Å². The molecule has 1 atom stereocenters. The summed E-state index contributed by atoms with van der Waals surface area (Å²) in [5.74, 6) is -0.874. The van der Waals surface area contributed by atoms with Gasteiger partial charge in [0.1, 0.15) is 12.4 Å². The van der Waals surface area contributed by atoms with Crippen LogP contribution in [0.5, 0.6) is 5.75 Å². The van der Waals surface area contributed by atoms with Crippen molar-refractivity contribution in [2.75, 3.05) is 12.4 Å². The molecule has 3 aromatic carbocycles. The molecule has 1 heterocycles. The Balaban J connectivity index is 1.54. The van der Waals surface area contributed by atoms with Gasteiger partial charge in [-0.2, -0.15) is 0 Å². The second kappa shape index (κ2) is 11.6. The molecule has 3 N–H and O–H groups in total. The minimum Gasteiger partial charge on any atom is -0.497 e. The number of carboxylic acid groups (broad SMARTS) is 1. The molecule has 3 aromatic rings. The number of hydrogen-bond donors (Lipinski definition) is 3. The van der Waals surface area contributed by atoms with Gasteiger partial charge in [-0.3, -0.25) is 15.0 Å². The zero-order chi connectivity index (χ0) is 28.0. The normalized spacial score (nSPS) is 17.9. The van der Waals surface area contributed by atoms with Gasteiger partial charge in [0.05, 0.1) is 31.3 Å². The lowest BCUT2D eigenvalue weighted by molar-refractivity contribution is -0.131. The number of nitrogens with one attached hydrogen (secondary N) is 2. The number of methoxy groups -OCH3 is 1. The van der Waals surface area contributed by atoms with Crippen molar-refractivity contribution in [3.8, 4) is 5.75 Å². The van der Waals surface area contributed by atoms with Gasteiger partial charge >= 0.3 is 12.2 Å². The Bertz CT molecular complexity index is 1400. The predicted octanol–water partition coefficient (Wildman–Crippen LogP) is 4.85. The van der Waals surface area contributed by atoms with E-state index in [0.717, 1.165) is 5.56 Å². The molecule has 0 saturated carbocycles. The second-order valence-corrected chi connectivity index (χ2v) is 9.03. The van der Waals surface area contributed by atoms with Gasteiger partial charge in [0.25, 0.3) is 0 Å². The lowest BCUT2D eigenvalue weighted by Gasteiger charge is -2.41. The van der Waals surface area contributed by atoms with Crippen LogP contribution in [0.1, 0.15) is 30.0 Å². The van der Waals surface area contributed by atoms with Crippen molar-refractivity contribution >= 4 is 29.7 Å². The first-order chi connectivity index (χ1) is 18.7. The van der Waals surface area contributed by atoms with E-state index in [9.17, 15) is 19.5 Å². The lowest BCUT2D eigenvalue weighted by Crippen LogP contribution is -2.60. The van der Waals surface area contributed by atoms with Gasteiger partial charge in [0.15, 0.2) is 5.82 Å². The van der Waals surface area contributed by atoms with Crippen LogP contribution in [0.3, 0.4) is 0 Å². The number of carbonyl (C=O) groups excluding carboxylic acids is 2. The molecule has 39 heavy (non-hydrogen) atoms. The standard InChI is InChI=1S/C28H27FN4O6/c1-28(21-9-6-10-22(24(21)29)30-27(37)39-17-19-7-4-3-5-8-19)15-23(34)33(25(32-28)31-26(35)36)16-18-11-13-20(38-2)14-12-18/h3-14H,15-17H2,1-2H3,(H,30,37)(H,31,32)(H,35,36)/t28-/m0/s1. The Morgan fingerprint density at radius 2 is 1.79 bits per heavy atom. The van der Waals surface area contributed by atoms with E-state index in [-0.39, 0.29) is 36.8 Å². The van der Waals surface area contributed by atoms with Crippen LogP contribution in [-0.2, 0) is 28.2 Å². The monoisotopic (exact) mass is 534 g/mol. The summed E-state index contributed by atoms with van der Waals surface area (Å²) in [4.78, 5) is 41.8. The quantitative estimate of drug-likeness (QED) is 0.395. The first-order valence-electron chi connectivity index (χ1n) is 12.0. The maximum Gasteiger partial charge on any atom is 0.434 e. The number of amides is 3. The van der Waals surface area contributed by atoms with Gasteiger partial charge in [-0.1, -0.05) is 54.6 Å². The molecule has 0 unspecified atom stereocenters. The maximum atomic E-state index is 15.7. The third kappa shape index (κ3) is 6.50. The van der Waals surface area contributed by atoms with E-state index in [2.05, 4.69) is 15.6 Å². The maximum absolute atomic E-state index is 15.7. The summed E-state index contributed by atoms with van der Waals surface area (Å²) in [6.07, 6.45) is -2.58. The van der Waals surface area contributed by atoms with E-state index >= 15 is 4.39 Å². The number of guanidine groups is 1. The summed E-state index contributed by atoms with van der Waals surface area (Å²) in [6, 6.07) is 20.3. The largest absolute Gasteiger partial charge is 0.497 e. The molecule has 4 rings (SSSR count). The van der Waals surface area contributed by atoms with Crippen molar-refractivity contribution in [2.45, 2.75) is 32.0 Å². The Labute approximate surface area is 224 Å². The Hall–Kier alpha value is -4.93. The van der Waals surface area contributed by atoms with Gasteiger partial charge in [0.2, 0.25) is 11.9 Å². The number of nitrogens with zero attached hydrogens (tertiary/aromatic N) is 2. The summed E-state index contributed by atoms with van der Waals surface area (Å²) in [6.45, 7) is 1.60. The summed E-state index contributed by atoms with van der Waals surface area (Å²) in [7, 11) is 1.53. The van der Waals surface area contributed by atoms with Crippen LogP contribution in [0.15, 0.2) is 77.8 Å². The van der Waals surface area contributed by atoms with E-state index in [1.54, 1.807) is 55.5 Å². The average molecular weight is 535 g/mol. The predicted molar refractivity (Wildman–Crippen MR) is 141 cm³/mol. The van der Waals surface area contributed by atoms with Crippen molar-refractivity contribution in [1.82, 2.24) is 10.2 Å². The van der Waals surface area contributed by atoms with E-state index in [1.165, 1.54) is 30.2 Å².